The van der Waals surface area contributed by atoms with E-state index in [1.165, 1.54) is 5.56 Å². The van der Waals surface area contributed by atoms with Gasteiger partial charge in [0.1, 0.15) is 12.7 Å². The molecule has 30 heavy (non-hydrogen) atoms. The number of aliphatic hydroxyl groups is 1. The molecule has 0 heterocycles. The molecule has 1 radical (unpaired) electrons. The summed E-state index contributed by atoms with van der Waals surface area (Å²) in [5.41, 5.74) is 0.959. The molecule has 0 fully saturated rings. The normalized spacial score (nSPS) is 13.2. The van der Waals surface area contributed by atoms with Crippen LogP contribution in [0, 0.1) is 0 Å². The molecular formula is C24H34NO4Si. The third kappa shape index (κ3) is 7.93. The van der Waals surface area contributed by atoms with Gasteiger partial charge in [-0.3, -0.25) is 0 Å². The van der Waals surface area contributed by atoms with Crippen molar-refractivity contribution in [2.75, 3.05) is 13.2 Å². The monoisotopic (exact) mass is 428 g/mol. The maximum absolute atomic E-state index is 11.8. The standard InChI is InChI=1S/C24H34NO4Si/c1-23(2,3)18-12-14-21(15-13-18)30(20-10-8-7-9-11-20)29-17-19(26)16-28-22(27)25-24(4,5)6/h7-15,19,26H,16-17H2,1-6H3,(H,25,27). The van der Waals surface area contributed by atoms with Crippen molar-refractivity contribution < 1.29 is 19.1 Å². The van der Waals surface area contributed by atoms with Gasteiger partial charge in [0.2, 0.25) is 0 Å². The van der Waals surface area contributed by atoms with Gasteiger partial charge >= 0.3 is 6.09 Å². The highest BCUT2D eigenvalue weighted by molar-refractivity contribution is 6.80. The van der Waals surface area contributed by atoms with Crippen LogP contribution in [-0.2, 0) is 14.6 Å². The summed E-state index contributed by atoms with van der Waals surface area (Å²) in [5, 5.41) is 15.2. The number of hydrogen-bond acceptors (Lipinski definition) is 4. The van der Waals surface area contributed by atoms with Crippen molar-refractivity contribution in [2.24, 2.45) is 0 Å². The summed E-state index contributed by atoms with van der Waals surface area (Å²) in [4.78, 5) is 11.8. The largest absolute Gasteiger partial charge is 0.447 e. The number of hydrogen-bond donors (Lipinski definition) is 2. The smallest absolute Gasteiger partial charge is 0.407 e. The molecule has 1 unspecified atom stereocenters. The topological polar surface area (TPSA) is 67.8 Å². The maximum Gasteiger partial charge on any atom is 0.407 e. The van der Waals surface area contributed by atoms with Crippen LogP contribution in [0.25, 0.3) is 0 Å². The zero-order chi connectivity index (χ0) is 22.4. The molecule has 0 saturated heterocycles. The Hall–Kier alpha value is -2.15. The summed E-state index contributed by atoms with van der Waals surface area (Å²) in [6, 6.07) is 18.6. The molecule has 2 aromatic carbocycles. The zero-order valence-corrected chi connectivity index (χ0v) is 19.9. The van der Waals surface area contributed by atoms with E-state index in [1.807, 2.05) is 51.1 Å². The molecule has 0 aromatic heterocycles. The zero-order valence-electron chi connectivity index (χ0n) is 18.9. The number of carbonyl (C=O) groups excluding carboxylic acids is 1. The van der Waals surface area contributed by atoms with Gasteiger partial charge in [-0.15, -0.1) is 0 Å². The van der Waals surface area contributed by atoms with Gasteiger partial charge in [-0.2, -0.15) is 0 Å². The number of carbonyl (C=O) groups is 1. The molecule has 0 saturated carbocycles. The van der Waals surface area contributed by atoms with E-state index in [9.17, 15) is 9.90 Å². The van der Waals surface area contributed by atoms with Gasteiger partial charge in [0.15, 0.2) is 0 Å². The lowest BCUT2D eigenvalue weighted by atomic mass is 9.87. The van der Waals surface area contributed by atoms with Crippen LogP contribution in [0.5, 0.6) is 0 Å². The number of alkyl carbamates (subject to hydrolysis) is 1. The Morgan fingerprint density at radius 2 is 1.50 bits per heavy atom. The van der Waals surface area contributed by atoms with E-state index in [1.54, 1.807) is 0 Å². The van der Waals surface area contributed by atoms with Gasteiger partial charge < -0.3 is 19.6 Å². The Kier molecular flexibility index (Phi) is 8.23. The first-order valence-electron chi connectivity index (χ1n) is 10.2. The number of ether oxygens (including phenoxy) is 1. The number of rotatable bonds is 7. The predicted octanol–water partition coefficient (Wildman–Crippen LogP) is 2.99. The summed E-state index contributed by atoms with van der Waals surface area (Å²) in [6.07, 6.45) is -1.44. The summed E-state index contributed by atoms with van der Waals surface area (Å²) >= 11 is 0. The molecule has 0 aliphatic heterocycles. The van der Waals surface area contributed by atoms with Crippen molar-refractivity contribution in [1.29, 1.82) is 0 Å². The molecule has 5 nitrogen and oxygen atoms in total. The Bertz CT molecular complexity index is 795. The van der Waals surface area contributed by atoms with E-state index < -0.39 is 21.2 Å². The summed E-state index contributed by atoms with van der Waals surface area (Å²) in [5.74, 6) is 0. The quantitative estimate of drug-likeness (QED) is 0.666. The second-order valence-electron chi connectivity index (χ2n) is 9.46. The molecule has 1 amide bonds. The third-order valence-electron chi connectivity index (χ3n) is 4.35. The Balaban J connectivity index is 2.04. The van der Waals surface area contributed by atoms with E-state index in [0.29, 0.717) is 0 Å². The van der Waals surface area contributed by atoms with Gasteiger partial charge in [0.05, 0.1) is 6.61 Å². The van der Waals surface area contributed by atoms with Crippen LogP contribution in [0.1, 0.15) is 47.1 Å². The average Bonchev–Trinajstić information content (AvgIpc) is 2.66. The average molecular weight is 429 g/mol. The van der Waals surface area contributed by atoms with E-state index in [2.05, 4.69) is 50.4 Å². The second-order valence-corrected chi connectivity index (χ2v) is 11.6. The lowest BCUT2D eigenvalue weighted by Crippen LogP contribution is -2.47. The van der Waals surface area contributed by atoms with Crippen LogP contribution in [0.4, 0.5) is 4.79 Å². The van der Waals surface area contributed by atoms with Gasteiger partial charge in [-0.25, -0.2) is 4.79 Å². The van der Waals surface area contributed by atoms with Crippen molar-refractivity contribution in [3.05, 3.63) is 60.2 Å². The first-order chi connectivity index (χ1) is 14.0. The molecule has 1 atom stereocenters. The van der Waals surface area contributed by atoms with Gasteiger partial charge in [-0.1, -0.05) is 75.4 Å². The fraction of sp³-hybridized carbons (Fsp3) is 0.458. The first kappa shape index (κ1) is 24.1. The second kappa shape index (κ2) is 10.2. The summed E-state index contributed by atoms with van der Waals surface area (Å²) in [6.45, 7) is 12.1. The molecular weight excluding hydrogens is 394 g/mol. The minimum absolute atomic E-state index is 0.0835. The van der Waals surface area contributed by atoms with Crippen molar-refractivity contribution in [3.63, 3.8) is 0 Å². The van der Waals surface area contributed by atoms with Crippen LogP contribution in [0.3, 0.4) is 0 Å². The molecule has 2 N–H and O–H groups in total. The molecule has 0 bridgehead atoms. The van der Waals surface area contributed by atoms with Gasteiger partial charge in [0.25, 0.3) is 9.04 Å². The molecule has 0 spiro atoms. The van der Waals surface area contributed by atoms with E-state index in [-0.39, 0.29) is 24.2 Å². The van der Waals surface area contributed by atoms with E-state index in [4.69, 9.17) is 9.16 Å². The maximum atomic E-state index is 11.8. The highest BCUT2D eigenvalue weighted by atomic mass is 28.3. The molecule has 6 heteroatoms. The van der Waals surface area contributed by atoms with Gasteiger partial charge in [0, 0.05) is 5.54 Å². The summed E-state index contributed by atoms with van der Waals surface area (Å²) in [7, 11) is -1.54. The number of nitrogens with one attached hydrogen (secondary N) is 1. The fourth-order valence-electron chi connectivity index (χ4n) is 2.79. The minimum atomic E-state index is -1.54. The lowest BCUT2D eigenvalue weighted by molar-refractivity contribution is 0.0373. The van der Waals surface area contributed by atoms with Crippen LogP contribution in [0.2, 0.25) is 0 Å². The van der Waals surface area contributed by atoms with E-state index >= 15 is 0 Å². The van der Waals surface area contributed by atoms with E-state index in [0.717, 1.165) is 10.4 Å². The Labute approximate surface area is 182 Å². The van der Waals surface area contributed by atoms with Crippen molar-refractivity contribution in [2.45, 2.75) is 58.6 Å². The lowest BCUT2D eigenvalue weighted by Gasteiger charge is -2.22. The SMILES string of the molecule is CC(C)(C)NC(=O)OCC(O)CO[Si](c1ccccc1)c1ccc(C(C)(C)C)cc1. The van der Waals surface area contributed by atoms with Crippen molar-refractivity contribution in [3.8, 4) is 0 Å². The van der Waals surface area contributed by atoms with Crippen LogP contribution in [0.15, 0.2) is 54.6 Å². The van der Waals surface area contributed by atoms with Crippen molar-refractivity contribution in [1.82, 2.24) is 5.32 Å². The molecule has 0 aliphatic rings. The van der Waals surface area contributed by atoms with Crippen LogP contribution < -0.4 is 15.7 Å². The molecule has 163 valence electrons. The predicted molar refractivity (Wildman–Crippen MR) is 123 cm³/mol. The third-order valence-corrected chi connectivity index (χ3v) is 6.52. The van der Waals surface area contributed by atoms with Crippen LogP contribution >= 0.6 is 0 Å². The van der Waals surface area contributed by atoms with Crippen molar-refractivity contribution >= 4 is 25.5 Å². The number of aliphatic hydroxyl groups excluding tert-OH is 1. The highest BCUT2D eigenvalue weighted by Gasteiger charge is 2.23. The van der Waals surface area contributed by atoms with Gasteiger partial charge in [-0.05, 0) is 42.1 Å². The Morgan fingerprint density at radius 3 is 2.03 bits per heavy atom. The molecule has 0 aliphatic carbocycles. The fourth-order valence-corrected chi connectivity index (χ4v) is 4.78. The Morgan fingerprint density at radius 1 is 0.933 bits per heavy atom. The van der Waals surface area contributed by atoms with Crippen LogP contribution in [-0.4, -0.2) is 45.1 Å². The highest BCUT2D eigenvalue weighted by Crippen LogP contribution is 2.20. The number of amides is 1. The minimum Gasteiger partial charge on any atom is -0.447 e. The number of benzene rings is 2. The summed E-state index contributed by atoms with van der Waals surface area (Å²) < 4.78 is 11.3. The molecule has 2 aromatic rings. The molecule has 2 rings (SSSR count). The first-order valence-corrected chi connectivity index (χ1v) is 11.7.